The Hall–Kier alpha value is -2.86. The summed E-state index contributed by atoms with van der Waals surface area (Å²) in [7, 11) is 1.56. The molecule has 4 rings (SSSR count). The third kappa shape index (κ3) is 4.59. The molecule has 2 aliphatic heterocycles. The molecule has 0 spiro atoms. The quantitative estimate of drug-likeness (QED) is 0.594. The van der Waals surface area contributed by atoms with E-state index in [2.05, 4.69) is 0 Å². The van der Waals surface area contributed by atoms with Gasteiger partial charge in [-0.1, -0.05) is 17.7 Å². The number of amides is 1. The summed E-state index contributed by atoms with van der Waals surface area (Å²) < 4.78 is 22.2. The van der Waals surface area contributed by atoms with Crippen LogP contribution in [0.2, 0.25) is 5.02 Å². The van der Waals surface area contributed by atoms with Crippen molar-refractivity contribution in [2.75, 3.05) is 33.5 Å². The molecule has 0 N–H and O–H groups in total. The smallest absolute Gasteiger partial charge is 0.247 e. The maximum atomic E-state index is 13.0. The molecule has 1 saturated heterocycles. The second kappa shape index (κ2) is 9.52. The van der Waals surface area contributed by atoms with Crippen LogP contribution in [-0.4, -0.2) is 44.3 Å². The molecule has 1 amide bonds. The number of benzene rings is 2. The molecule has 0 bridgehead atoms. The van der Waals surface area contributed by atoms with Crippen LogP contribution in [0.4, 0.5) is 0 Å². The Balaban J connectivity index is 1.51. The van der Waals surface area contributed by atoms with E-state index in [1.807, 2.05) is 36.1 Å². The molecule has 0 radical (unpaired) electrons. The van der Waals surface area contributed by atoms with Crippen LogP contribution in [0, 0.1) is 0 Å². The van der Waals surface area contributed by atoms with E-state index in [4.69, 9.17) is 30.5 Å². The third-order valence-corrected chi connectivity index (χ3v) is 5.73. The van der Waals surface area contributed by atoms with Crippen LogP contribution in [-0.2, 0) is 4.79 Å². The van der Waals surface area contributed by atoms with Crippen LogP contribution in [0.25, 0.3) is 6.08 Å². The van der Waals surface area contributed by atoms with Gasteiger partial charge in [-0.05, 0) is 61.2 Å². The minimum atomic E-state index is -0.0404. The van der Waals surface area contributed by atoms with Gasteiger partial charge < -0.3 is 23.8 Å². The molecule has 164 valence electrons. The summed E-state index contributed by atoms with van der Waals surface area (Å²) in [5.41, 5.74) is 1.84. The van der Waals surface area contributed by atoms with Crippen LogP contribution in [0.3, 0.4) is 0 Å². The second-order valence-corrected chi connectivity index (χ2v) is 7.80. The van der Waals surface area contributed by atoms with Gasteiger partial charge in [-0.3, -0.25) is 4.79 Å². The van der Waals surface area contributed by atoms with Gasteiger partial charge >= 0.3 is 0 Å². The standard InChI is InChI=1S/C24H26ClNO5/c1-3-29-24-18(25)13-16(14-22(24)28-2)6-9-23(27)26-10-4-5-19(26)17-7-8-20-21(15-17)31-12-11-30-20/h6-9,13-15,19H,3-5,10-12H2,1-2H3/b9-6+. The normalized spacial score (nSPS) is 17.8. The number of methoxy groups -OCH3 is 1. The van der Waals surface area contributed by atoms with Gasteiger partial charge in [-0.2, -0.15) is 0 Å². The minimum Gasteiger partial charge on any atom is -0.493 e. The average molecular weight is 444 g/mol. The summed E-state index contributed by atoms with van der Waals surface area (Å²) in [4.78, 5) is 14.9. The number of likely N-dealkylation sites (tertiary alicyclic amines) is 1. The van der Waals surface area contributed by atoms with Crippen molar-refractivity contribution in [2.24, 2.45) is 0 Å². The van der Waals surface area contributed by atoms with E-state index in [1.165, 1.54) is 0 Å². The van der Waals surface area contributed by atoms with Crippen molar-refractivity contribution in [3.05, 3.63) is 52.6 Å². The van der Waals surface area contributed by atoms with E-state index in [0.29, 0.717) is 36.3 Å². The molecule has 1 unspecified atom stereocenters. The van der Waals surface area contributed by atoms with E-state index in [-0.39, 0.29) is 11.9 Å². The number of carbonyl (C=O) groups is 1. The third-order valence-electron chi connectivity index (χ3n) is 5.45. The first-order chi connectivity index (χ1) is 15.1. The van der Waals surface area contributed by atoms with Gasteiger partial charge in [-0.25, -0.2) is 0 Å². The topological polar surface area (TPSA) is 57.2 Å². The van der Waals surface area contributed by atoms with Crippen molar-refractivity contribution < 1.29 is 23.7 Å². The zero-order valence-corrected chi connectivity index (χ0v) is 18.5. The molecule has 31 heavy (non-hydrogen) atoms. The van der Waals surface area contributed by atoms with Crippen LogP contribution in [0.5, 0.6) is 23.0 Å². The van der Waals surface area contributed by atoms with Crippen LogP contribution in [0.1, 0.15) is 36.9 Å². The Kier molecular flexibility index (Phi) is 6.56. The highest BCUT2D eigenvalue weighted by Crippen LogP contribution is 2.39. The molecule has 2 aromatic carbocycles. The van der Waals surface area contributed by atoms with Gasteiger partial charge in [0.05, 0.1) is 24.8 Å². The predicted octanol–water partition coefficient (Wildman–Crippen LogP) is 4.90. The SMILES string of the molecule is CCOc1c(Cl)cc(/C=C/C(=O)N2CCCC2c2ccc3c(c2)OCCO3)cc1OC. The Labute approximate surface area is 187 Å². The number of carbonyl (C=O) groups excluding carboxylic acids is 1. The molecule has 1 atom stereocenters. The number of halogens is 1. The number of rotatable bonds is 6. The van der Waals surface area contributed by atoms with Gasteiger partial charge in [0.1, 0.15) is 13.2 Å². The Morgan fingerprint density at radius 2 is 2.03 bits per heavy atom. The first kappa shape index (κ1) is 21.4. The van der Waals surface area contributed by atoms with Gasteiger partial charge in [0.25, 0.3) is 0 Å². The monoisotopic (exact) mass is 443 g/mol. The molecule has 6 nitrogen and oxygen atoms in total. The summed E-state index contributed by atoms with van der Waals surface area (Å²) >= 11 is 6.34. The molecule has 1 fully saturated rings. The fourth-order valence-electron chi connectivity index (χ4n) is 4.03. The molecule has 0 aliphatic carbocycles. The molecule has 2 aliphatic rings. The molecule has 7 heteroatoms. The maximum absolute atomic E-state index is 13.0. The highest BCUT2D eigenvalue weighted by Gasteiger charge is 2.29. The number of hydrogen-bond acceptors (Lipinski definition) is 5. The van der Waals surface area contributed by atoms with E-state index in [0.717, 1.165) is 42.0 Å². The van der Waals surface area contributed by atoms with E-state index >= 15 is 0 Å². The molecule has 2 heterocycles. The largest absolute Gasteiger partial charge is 0.493 e. The highest BCUT2D eigenvalue weighted by molar-refractivity contribution is 6.32. The first-order valence-corrected chi connectivity index (χ1v) is 10.9. The Morgan fingerprint density at radius 3 is 2.81 bits per heavy atom. The van der Waals surface area contributed by atoms with Crippen LogP contribution in [0.15, 0.2) is 36.4 Å². The number of nitrogens with zero attached hydrogens (tertiary/aromatic N) is 1. The highest BCUT2D eigenvalue weighted by atomic mass is 35.5. The van der Waals surface area contributed by atoms with E-state index in [9.17, 15) is 4.79 Å². The van der Waals surface area contributed by atoms with Gasteiger partial charge in [0.2, 0.25) is 5.91 Å². The summed E-state index contributed by atoms with van der Waals surface area (Å²) in [6.07, 6.45) is 5.22. The lowest BCUT2D eigenvalue weighted by Gasteiger charge is -2.26. The average Bonchev–Trinajstić information content (AvgIpc) is 3.28. The second-order valence-electron chi connectivity index (χ2n) is 7.39. The molecular weight excluding hydrogens is 418 g/mol. The molecule has 2 aromatic rings. The number of fused-ring (bicyclic) bond motifs is 1. The summed E-state index contributed by atoms with van der Waals surface area (Å²) in [6, 6.07) is 9.53. The minimum absolute atomic E-state index is 0.0198. The zero-order valence-electron chi connectivity index (χ0n) is 17.7. The zero-order chi connectivity index (χ0) is 21.8. The fourth-order valence-corrected chi connectivity index (χ4v) is 4.30. The van der Waals surface area contributed by atoms with Crippen LogP contribution >= 0.6 is 11.6 Å². The predicted molar refractivity (Wildman–Crippen MR) is 119 cm³/mol. The Bertz CT molecular complexity index is 990. The van der Waals surface area contributed by atoms with Crippen molar-refractivity contribution in [2.45, 2.75) is 25.8 Å². The lowest BCUT2D eigenvalue weighted by Crippen LogP contribution is -2.29. The van der Waals surface area contributed by atoms with Crippen molar-refractivity contribution in [3.8, 4) is 23.0 Å². The molecule has 0 aromatic heterocycles. The van der Waals surface area contributed by atoms with Crippen LogP contribution < -0.4 is 18.9 Å². The number of ether oxygens (including phenoxy) is 4. The van der Waals surface area contributed by atoms with E-state index < -0.39 is 0 Å². The van der Waals surface area contributed by atoms with Gasteiger partial charge in [0.15, 0.2) is 23.0 Å². The summed E-state index contributed by atoms with van der Waals surface area (Å²) in [5, 5.41) is 0.448. The fraction of sp³-hybridized carbons (Fsp3) is 0.375. The van der Waals surface area contributed by atoms with Crippen molar-refractivity contribution in [3.63, 3.8) is 0 Å². The van der Waals surface area contributed by atoms with Crippen molar-refractivity contribution in [1.82, 2.24) is 4.90 Å². The summed E-state index contributed by atoms with van der Waals surface area (Å²) in [5.74, 6) is 2.51. The lowest BCUT2D eigenvalue weighted by molar-refractivity contribution is -0.126. The Morgan fingerprint density at radius 1 is 1.23 bits per heavy atom. The lowest BCUT2D eigenvalue weighted by atomic mass is 10.0. The van der Waals surface area contributed by atoms with Gasteiger partial charge in [0, 0.05) is 12.6 Å². The summed E-state index contributed by atoms with van der Waals surface area (Å²) in [6.45, 7) is 4.19. The van der Waals surface area contributed by atoms with Crippen molar-refractivity contribution in [1.29, 1.82) is 0 Å². The molecule has 0 saturated carbocycles. The van der Waals surface area contributed by atoms with Crippen molar-refractivity contribution >= 4 is 23.6 Å². The maximum Gasteiger partial charge on any atom is 0.247 e. The first-order valence-electron chi connectivity index (χ1n) is 10.5. The molecular formula is C24H26ClNO5. The number of hydrogen-bond donors (Lipinski definition) is 0. The van der Waals surface area contributed by atoms with E-state index in [1.54, 1.807) is 25.3 Å². The van der Waals surface area contributed by atoms with Gasteiger partial charge in [-0.15, -0.1) is 0 Å².